The van der Waals surface area contributed by atoms with Crippen LogP contribution < -0.4 is 15.4 Å². The third-order valence-corrected chi connectivity index (χ3v) is 6.28. The Morgan fingerprint density at radius 1 is 1.07 bits per heavy atom. The predicted octanol–water partition coefficient (Wildman–Crippen LogP) is 3.55. The van der Waals surface area contributed by atoms with Crippen molar-refractivity contribution in [1.82, 2.24) is 15.6 Å². The summed E-state index contributed by atoms with van der Waals surface area (Å²) in [5.41, 5.74) is 1.03. The van der Waals surface area contributed by atoms with E-state index in [9.17, 15) is 9.59 Å². The average molecular weight is 434 g/mol. The number of hydrogen-bond acceptors (Lipinski definition) is 4. The van der Waals surface area contributed by atoms with Crippen LogP contribution in [0.4, 0.5) is 0 Å². The second-order valence-corrected chi connectivity index (χ2v) is 8.68. The van der Waals surface area contributed by atoms with Crippen LogP contribution in [-0.4, -0.2) is 34.5 Å². The molecule has 0 radical (unpaired) electrons. The van der Waals surface area contributed by atoms with Crippen LogP contribution >= 0.6 is 23.2 Å². The van der Waals surface area contributed by atoms with E-state index in [4.69, 9.17) is 27.9 Å². The summed E-state index contributed by atoms with van der Waals surface area (Å²) >= 11 is 11.8. The van der Waals surface area contributed by atoms with Gasteiger partial charge in [-0.15, -0.1) is 0 Å². The van der Waals surface area contributed by atoms with E-state index in [1.54, 1.807) is 30.5 Å². The van der Waals surface area contributed by atoms with Gasteiger partial charge in [0.1, 0.15) is 11.4 Å². The van der Waals surface area contributed by atoms with Gasteiger partial charge in [-0.1, -0.05) is 36.2 Å². The molecule has 152 valence electrons. The lowest BCUT2D eigenvalue weighted by Gasteiger charge is -2.70. The van der Waals surface area contributed by atoms with E-state index in [2.05, 4.69) is 15.6 Å². The Bertz CT molecular complexity index is 942. The van der Waals surface area contributed by atoms with Crippen molar-refractivity contribution in [1.29, 1.82) is 0 Å². The van der Waals surface area contributed by atoms with Gasteiger partial charge < -0.3 is 15.4 Å². The lowest BCUT2D eigenvalue weighted by Crippen LogP contribution is -2.84. The summed E-state index contributed by atoms with van der Waals surface area (Å²) in [6, 6.07) is 8.52. The van der Waals surface area contributed by atoms with Gasteiger partial charge in [-0.05, 0) is 49.4 Å². The summed E-state index contributed by atoms with van der Waals surface area (Å²) in [5, 5.41) is 6.89. The minimum atomic E-state index is -0.245. The molecule has 3 aliphatic rings. The summed E-state index contributed by atoms with van der Waals surface area (Å²) in [5.74, 6) is 0.111. The average Bonchev–Trinajstić information content (AvgIpc) is 2.66. The molecule has 6 nitrogen and oxygen atoms in total. The zero-order valence-electron chi connectivity index (χ0n) is 15.9. The zero-order chi connectivity index (χ0) is 20.6. The van der Waals surface area contributed by atoms with Gasteiger partial charge in [-0.25, -0.2) is 0 Å². The van der Waals surface area contributed by atoms with Gasteiger partial charge in [0.15, 0.2) is 6.61 Å². The Hall–Kier alpha value is -2.31. The molecule has 0 saturated heterocycles. The van der Waals surface area contributed by atoms with Gasteiger partial charge in [0.2, 0.25) is 0 Å². The van der Waals surface area contributed by atoms with Crippen molar-refractivity contribution in [3.8, 4) is 5.75 Å². The van der Waals surface area contributed by atoms with E-state index in [1.165, 1.54) is 0 Å². The number of hydrogen-bond donors (Lipinski definition) is 2. The first kappa shape index (κ1) is 20.0. The maximum Gasteiger partial charge on any atom is 0.270 e. The Balaban J connectivity index is 1.23. The first-order valence-electron chi connectivity index (χ1n) is 9.48. The number of aryl methyl sites for hydroxylation is 1. The molecule has 0 unspecified atom stereocenters. The summed E-state index contributed by atoms with van der Waals surface area (Å²) in [6.07, 6.45) is 4.77. The molecule has 1 aromatic carbocycles. The van der Waals surface area contributed by atoms with E-state index in [0.717, 1.165) is 31.2 Å². The largest absolute Gasteiger partial charge is 0.484 e. The van der Waals surface area contributed by atoms with Crippen LogP contribution in [0.3, 0.4) is 0 Å². The molecule has 1 aromatic heterocycles. The fourth-order valence-corrected chi connectivity index (χ4v) is 4.46. The van der Waals surface area contributed by atoms with Gasteiger partial charge in [-0.2, -0.15) is 0 Å². The van der Waals surface area contributed by atoms with Gasteiger partial charge in [-0.3, -0.25) is 14.6 Å². The second kappa shape index (κ2) is 7.50. The maximum atomic E-state index is 12.4. The second-order valence-electron chi connectivity index (χ2n) is 7.86. The Labute approximate surface area is 178 Å². The quantitative estimate of drug-likeness (QED) is 0.699. The van der Waals surface area contributed by atoms with E-state index in [-0.39, 0.29) is 29.5 Å². The number of nitrogens with zero attached hydrogens (tertiary/aromatic N) is 1. The number of ether oxygens (including phenoxy) is 1. The smallest absolute Gasteiger partial charge is 0.270 e. The summed E-state index contributed by atoms with van der Waals surface area (Å²) in [6.45, 7) is 1.94. The maximum absolute atomic E-state index is 12.4. The summed E-state index contributed by atoms with van der Waals surface area (Å²) in [4.78, 5) is 28.9. The molecule has 2 bridgehead atoms. The number of halogens is 2. The van der Waals surface area contributed by atoms with Crippen LogP contribution in [0, 0.1) is 0 Å². The molecule has 8 heteroatoms. The van der Waals surface area contributed by atoms with Gasteiger partial charge in [0.05, 0.1) is 10.0 Å². The minimum Gasteiger partial charge on any atom is -0.484 e. The van der Waals surface area contributed by atoms with E-state index in [0.29, 0.717) is 21.5 Å². The highest BCUT2D eigenvalue weighted by Crippen LogP contribution is 2.60. The van der Waals surface area contributed by atoms with Crippen LogP contribution in [0.2, 0.25) is 10.0 Å². The molecule has 0 aliphatic heterocycles. The van der Waals surface area contributed by atoms with Crippen LogP contribution in [0.15, 0.2) is 36.5 Å². The number of carbonyl (C=O) groups excluding carboxylic acids is 2. The number of carbonyl (C=O) groups is 2. The van der Waals surface area contributed by atoms with Crippen molar-refractivity contribution < 1.29 is 14.3 Å². The van der Waals surface area contributed by atoms with E-state index < -0.39 is 0 Å². The molecule has 3 saturated carbocycles. The normalized spacial score (nSPS) is 24.1. The summed E-state index contributed by atoms with van der Waals surface area (Å²) < 4.78 is 5.47. The van der Waals surface area contributed by atoms with Gasteiger partial charge in [0, 0.05) is 23.3 Å². The standard InChI is InChI=1S/C21H21Cl2N3O3/c1-2-13-3-6-17(24-8-13)19(28)26-21-10-20(11-21,12-21)25-18(27)9-29-14-4-5-15(22)16(23)7-14/h3-8H,2,9-12H2,1H3,(H,25,27)(H,26,28). The number of benzene rings is 1. The SMILES string of the molecule is CCc1ccc(C(=O)NC23CC(NC(=O)COc4ccc(Cl)c(Cl)c4)(C2)C3)nc1. The van der Waals surface area contributed by atoms with Crippen molar-refractivity contribution in [3.05, 3.63) is 57.8 Å². The van der Waals surface area contributed by atoms with Crippen molar-refractivity contribution in [3.63, 3.8) is 0 Å². The van der Waals surface area contributed by atoms with Crippen molar-refractivity contribution in [2.75, 3.05) is 6.61 Å². The highest BCUT2D eigenvalue weighted by atomic mass is 35.5. The lowest BCUT2D eigenvalue weighted by atomic mass is 9.44. The van der Waals surface area contributed by atoms with E-state index >= 15 is 0 Å². The molecule has 0 atom stereocenters. The molecular weight excluding hydrogens is 413 g/mol. The first-order valence-corrected chi connectivity index (χ1v) is 10.2. The topological polar surface area (TPSA) is 80.3 Å². The summed E-state index contributed by atoms with van der Waals surface area (Å²) in [7, 11) is 0. The van der Waals surface area contributed by atoms with Crippen LogP contribution in [0.5, 0.6) is 5.75 Å². The van der Waals surface area contributed by atoms with Crippen molar-refractivity contribution in [2.45, 2.75) is 43.7 Å². The van der Waals surface area contributed by atoms with Crippen LogP contribution in [0.25, 0.3) is 0 Å². The van der Waals surface area contributed by atoms with Crippen LogP contribution in [-0.2, 0) is 11.2 Å². The molecule has 0 spiro atoms. The highest BCUT2D eigenvalue weighted by molar-refractivity contribution is 6.42. The zero-order valence-corrected chi connectivity index (χ0v) is 17.4. The molecule has 1 heterocycles. The predicted molar refractivity (Wildman–Crippen MR) is 110 cm³/mol. The van der Waals surface area contributed by atoms with Gasteiger partial charge in [0.25, 0.3) is 11.8 Å². The Kier molecular flexibility index (Phi) is 5.17. The van der Waals surface area contributed by atoms with E-state index in [1.807, 2.05) is 13.0 Å². The number of aromatic nitrogens is 1. The molecule has 2 amide bonds. The molecule has 2 aromatic rings. The first-order chi connectivity index (χ1) is 13.8. The third-order valence-electron chi connectivity index (χ3n) is 5.54. The molecular formula is C21H21Cl2N3O3. The molecule has 29 heavy (non-hydrogen) atoms. The molecule has 3 aliphatic carbocycles. The number of amides is 2. The minimum absolute atomic E-state index is 0.104. The number of rotatable bonds is 7. The Morgan fingerprint density at radius 3 is 2.41 bits per heavy atom. The number of pyridine rings is 1. The van der Waals surface area contributed by atoms with Crippen LogP contribution in [0.1, 0.15) is 42.2 Å². The molecule has 3 fully saturated rings. The fourth-order valence-electron chi connectivity index (χ4n) is 4.17. The third kappa shape index (κ3) is 4.05. The van der Waals surface area contributed by atoms with Crippen molar-refractivity contribution >= 4 is 35.0 Å². The number of nitrogens with one attached hydrogen (secondary N) is 2. The Morgan fingerprint density at radius 2 is 1.79 bits per heavy atom. The lowest BCUT2D eigenvalue weighted by molar-refractivity contribution is -0.141. The monoisotopic (exact) mass is 433 g/mol. The fraction of sp³-hybridized carbons (Fsp3) is 0.381. The van der Waals surface area contributed by atoms with Crippen molar-refractivity contribution in [2.24, 2.45) is 0 Å². The van der Waals surface area contributed by atoms with Gasteiger partial charge >= 0.3 is 0 Å². The molecule has 2 N–H and O–H groups in total. The molecule has 5 rings (SSSR count). The highest BCUT2D eigenvalue weighted by Gasteiger charge is 2.69.